The molecule has 4 rings (SSSR count). The second kappa shape index (κ2) is 6.25. The summed E-state index contributed by atoms with van der Waals surface area (Å²) in [6, 6.07) is 12.5. The Hall–Kier alpha value is -3.66. The van der Waals surface area contributed by atoms with Crippen molar-refractivity contribution in [2.75, 3.05) is 18.6 Å². The van der Waals surface area contributed by atoms with E-state index in [9.17, 15) is 19.6 Å². The molecule has 0 spiro atoms. The average molecular weight is 361 g/mol. The molecule has 27 heavy (non-hydrogen) atoms. The number of nitriles is 1. The fraction of sp³-hybridized carbons (Fsp3) is 0.200. The molecule has 7 heteroatoms. The first-order chi connectivity index (χ1) is 13.0. The van der Waals surface area contributed by atoms with E-state index in [1.165, 1.54) is 4.90 Å². The molecule has 2 aliphatic heterocycles. The monoisotopic (exact) mass is 361 g/mol. The van der Waals surface area contributed by atoms with Gasteiger partial charge in [-0.1, -0.05) is 12.1 Å². The van der Waals surface area contributed by atoms with Crippen molar-refractivity contribution in [3.8, 4) is 22.9 Å². The lowest BCUT2D eigenvalue weighted by Crippen LogP contribution is -2.34. The highest BCUT2D eigenvalue weighted by Crippen LogP contribution is 2.34. The minimum Gasteiger partial charge on any atom is -0.497 e. The summed E-state index contributed by atoms with van der Waals surface area (Å²) in [5.41, 5.74) is 2.11. The molecule has 0 aliphatic carbocycles. The zero-order chi connectivity index (χ0) is 19.1. The van der Waals surface area contributed by atoms with E-state index >= 15 is 0 Å². The fourth-order valence-corrected chi connectivity index (χ4v) is 3.51. The molecule has 2 saturated heterocycles. The summed E-state index contributed by atoms with van der Waals surface area (Å²) in [7, 11) is 1.56. The average Bonchev–Trinajstić information content (AvgIpc) is 3.20. The summed E-state index contributed by atoms with van der Waals surface area (Å²) < 4.78 is 5.15. The largest absolute Gasteiger partial charge is 0.497 e. The van der Waals surface area contributed by atoms with E-state index in [2.05, 4.69) is 6.07 Å². The van der Waals surface area contributed by atoms with Crippen LogP contribution in [0.2, 0.25) is 0 Å². The number of hydrogen-bond donors (Lipinski definition) is 0. The number of fused-ring (bicyclic) bond motifs is 1. The number of ketones is 1. The Labute approximate surface area is 155 Å². The van der Waals surface area contributed by atoms with E-state index in [0.717, 1.165) is 10.5 Å². The first-order valence-corrected chi connectivity index (χ1v) is 8.41. The molecule has 0 N–H and O–H groups in total. The summed E-state index contributed by atoms with van der Waals surface area (Å²) in [6.45, 7) is 0.256. The molecule has 7 nitrogen and oxygen atoms in total. The molecule has 2 aliphatic rings. The number of carbonyl (C=O) groups excluding carboxylic acids is 3. The van der Waals surface area contributed by atoms with E-state index in [4.69, 9.17) is 4.74 Å². The smallest absolute Gasteiger partial charge is 0.332 e. The molecule has 134 valence electrons. The first kappa shape index (κ1) is 16.8. The number of anilines is 1. The standard InChI is InChI=1S/C20H15N3O4/c1-27-15-6-3-12(4-7-15)16-10-14(5-2-13(16)11-21)23-19(25)18-17(24)8-9-22(18)20(23)26/h2-7,10,18H,8-9H2,1H3/t18-/m0/s1. The third-order valence-corrected chi connectivity index (χ3v) is 4.89. The highest BCUT2D eigenvalue weighted by atomic mass is 16.5. The first-order valence-electron chi connectivity index (χ1n) is 8.41. The maximum atomic E-state index is 12.7. The van der Waals surface area contributed by atoms with Crippen LogP contribution in [-0.2, 0) is 9.59 Å². The predicted octanol–water partition coefficient (Wildman–Crippen LogP) is 2.34. The number of benzene rings is 2. The number of urea groups is 1. The van der Waals surface area contributed by atoms with Gasteiger partial charge in [-0.3, -0.25) is 9.59 Å². The van der Waals surface area contributed by atoms with Crippen molar-refractivity contribution in [1.82, 2.24) is 4.90 Å². The van der Waals surface area contributed by atoms with Gasteiger partial charge in [0.1, 0.15) is 5.75 Å². The molecule has 0 aromatic heterocycles. The van der Waals surface area contributed by atoms with Gasteiger partial charge in [0.25, 0.3) is 5.91 Å². The van der Waals surface area contributed by atoms with E-state index in [0.29, 0.717) is 22.6 Å². The van der Waals surface area contributed by atoms with Gasteiger partial charge in [0.15, 0.2) is 11.8 Å². The number of amides is 3. The summed E-state index contributed by atoms with van der Waals surface area (Å²) in [6.07, 6.45) is 0.209. The van der Waals surface area contributed by atoms with Crippen LogP contribution in [0.5, 0.6) is 5.75 Å². The molecule has 0 saturated carbocycles. The van der Waals surface area contributed by atoms with Crippen molar-refractivity contribution >= 4 is 23.4 Å². The quantitative estimate of drug-likeness (QED) is 0.618. The van der Waals surface area contributed by atoms with Crippen LogP contribution in [0, 0.1) is 11.3 Å². The summed E-state index contributed by atoms with van der Waals surface area (Å²) in [5, 5.41) is 9.43. The number of rotatable bonds is 3. The van der Waals surface area contributed by atoms with Crippen LogP contribution in [0.25, 0.3) is 11.1 Å². The number of carbonyl (C=O) groups is 3. The minimum absolute atomic E-state index is 0.209. The van der Waals surface area contributed by atoms with Gasteiger partial charge in [0.05, 0.1) is 24.4 Å². The maximum absolute atomic E-state index is 12.7. The van der Waals surface area contributed by atoms with Crippen molar-refractivity contribution in [3.63, 3.8) is 0 Å². The lowest BCUT2D eigenvalue weighted by atomic mass is 9.99. The van der Waals surface area contributed by atoms with Gasteiger partial charge in [-0.2, -0.15) is 5.26 Å². The lowest BCUT2D eigenvalue weighted by molar-refractivity contribution is -0.127. The molecule has 0 unspecified atom stereocenters. The third-order valence-electron chi connectivity index (χ3n) is 4.89. The molecule has 2 fully saturated rings. The van der Waals surface area contributed by atoms with E-state index in [-0.39, 0.29) is 18.7 Å². The van der Waals surface area contributed by atoms with Crippen LogP contribution in [-0.4, -0.2) is 42.3 Å². The van der Waals surface area contributed by atoms with Gasteiger partial charge < -0.3 is 9.64 Å². The second-order valence-electron chi connectivity index (χ2n) is 6.34. The van der Waals surface area contributed by atoms with Crippen LogP contribution in [0.1, 0.15) is 12.0 Å². The Balaban J connectivity index is 1.77. The van der Waals surface area contributed by atoms with Crippen molar-refractivity contribution in [3.05, 3.63) is 48.0 Å². The van der Waals surface area contributed by atoms with Crippen LogP contribution in [0.15, 0.2) is 42.5 Å². The Bertz CT molecular complexity index is 1010. The van der Waals surface area contributed by atoms with Gasteiger partial charge >= 0.3 is 6.03 Å². The summed E-state index contributed by atoms with van der Waals surface area (Å²) >= 11 is 0. The second-order valence-corrected chi connectivity index (χ2v) is 6.34. The van der Waals surface area contributed by atoms with Crippen LogP contribution < -0.4 is 9.64 Å². The highest BCUT2D eigenvalue weighted by molar-refractivity contribution is 6.29. The molecule has 2 aromatic rings. The van der Waals surface area contributed by atoms with Crippen molar-refractivity contribution < 1.29 is 19.1 Å². The highest BCUT2D eigenvalue weighted by Gasteiger charge is 2.52. The Morgan fingerprint density at radius 2 is 1.85 bits per heavy atom. The summed E-state index contributed by atoms with van der Waals surface area (Å²) in [5.74, 6) is -0.0924. The molecule has 3 amide bonds. The SMILES string of the molecule is COc1ccc(-c2cc(N3C(=O)[C@@H]4C(=O)CCN4C3=O)ccc2C#N)cc1. The lowest BCUT2D eigenvalue weighted by Gasteiger charge is -2.17. The Kier molecular flexibility index (Phi) is 3.89. The third kappa shape index (κ3) is 2.54. The maximum Gasteiger partial charge on any atom is 0.332 e. The topological polar surface area (TPSA) is 90.7 Å². The van der Waals surface area contributed by atoms with Gasteiger partial charge in [-0.15, -0.1) is 0 Å². The van der Waals surface area contributed by atoms with Gasteiger partial charge in [-0.25, -0.2) is 9.69 Å². The summed E-state index contributed by atoms with van der Waals surface area (Å²) in [4.78, 5) is 39.5. The number of ether oxygens (including phenoxy) is 1. The van der Waals surface area contributed by atoms with Crippen LogP contribution >= 0.6 is 0 Å². The van der Waals surface area contributed by atoms with Gasteiger partial charge in [0, 0.05) is 18.5 Å². The van der Waals surface area contributed by atoms with Crippen LogP contribution in [0.3, 0.4) is 0 Å². The zero-order valence-electron chi connectivity index (χ0n) is 14.5. The Morgan fingerprint density at radius 3 is 2.48 bits per heavy atom. The molecule has 2 aromatic carbocycles. The number of hydrogen-bond acceptors (Lipinski definition) is 5. The normalized spacial score (nSPS) is 18.7. The number of Topliss-reactive ketones (excluding diaryl/α,β-unsaturated/α-hetero) is 1. The van der Waals surface area contributed by atoms with Crippen molar-refractivity contribution in [2.45, 2.75) is 12.5 Å². The predicted molar refractivity (Wildman–Crippen MR) is 96.1 cm³/mol. The Morgan fingerprint density at radius 1 is 1.11 bits per heavy atom. The van der Waals surface area contributed by atoms with E-state index in [1.807, 2.05) is 0 Å². The number of nitrogens with zero attached hydrogens (tertiary/aromatic N) is 3. The van der Waals surface area contributed by atoms with Crippen molar-refractivity contribution in [2.24, 2.45) is 0 Å². The van der Waals surface area contributed by atoms with Crippen LogP contribution in [0.4, 0.5) is 10.5 Å². The molecule has 0 bridgehead atoms. The van der Waals surface area contributed by atoms with E-state index in [1.54, 1.807) is 49.6 Å². The molecule has 2 heterocycles. The van der Waals surface area contributed by atoms with Gasteiger partial charge in [-0.05, 0) is 35.9 Å². The van der Waals surface area contributed by atoms with E-state index < -0.39 is 18.0 Å². The molecule has 1 atom stereocenters. The molecule has 0 radical (unpaired) electrons. The zero-order valence-corrected chi connectivity index (χ0v) is 14.5. The molecular formula is C20H15N3O4. The van der Waals surface area contributed by atoms with Gasteiger partial charge in [0.2, 0.25) is 0 Å². The molecular weight excluding hydrogens is 346 g/mol. The fourth-order valence-electron chi connectivity index (χ4n) is 3.51. The van der Waals surface area contributed by atoms with Crippen molar-refractivity contribution in [1.29, 1.82) is 5.26 Å². The number of imide groups is 1. The minimum atomic E-state index is -1.02. The number of methoxy groups -OCH3 is 1.